The van der Waals surface area contributed by atoms with Crippen molar-refractivity contribution >= 4 is 34.3 Å². The summed E-state index contributed by atoms with van der Waals surface area (Å²) in [6, 6.07) is 22.8. The van der Waals surface area contributed by atoms with Crippen LogP contribution < -0.4 is 10.7 Å². The third kappa shape index (κ3) is 4.51. The Morgan fingerprint density at radius 3 is 2.47 bits per heavy atom. The van der Waals surface area contributed by atoms with Crippen LogP contribution in [0.2, 0.25) is 0 Å². The summed E-state index contributed by atoms with van der Waals surface area (Å²) in [6.45, 7) is 5.48. The SMILES string of the molecule is C=CS/C=C/C(O)c1cc2c(=O)cc(Nc3ccccc3)n(-c3ccccc3)c2nc1C. The van der Waals surface area contributed by atoms with Crippen LogP contribution >= 0.6 is 11.8 Å². The number of pyridine rings is 2. The second-order valence-electron chi connectivity index (χ2n) is 7.17. The van der Waals surface area contributed by atoms with Gasteiger partial charge >= 0.3 is 0 Å². The molecular formula is C26H23N3O2S. The van der Waals surface area contributed by atoms with Gasteiger partial charge in [-0.15, -0.1) is 11.8 Å². The predicted octanol–water partition coefficient (Wildman–Crippen LogP) is 5.86. The zero-order valence-corrected chi connectivity index (χ0v) is 18.4. The molecule has 0 radical (unpaired) electrons. The summed E-state index contributed by atoms with van der Waals surface area (Å²) in [5.74, 6) is 0.613. The van der Waals surface area contributed by atoms with Crippen molar-refractivity contribution in [3.8, 4) is 5.69 Å². The molecule has 32 heavy (non-hydrogen) atoms. The van der Waals surface area contributed by atoms with E-state index >= 15 is 0 Å². The first-order chi connectivity index (χ1) is 15.6. The minimum atomic E-state index is -0.869. The number of para-hydroxylation sites is 2. The van der Waals surface area contributed by atoms with E-state index in [0.717, 1.165) is 11.4 Å². The van der Waals surface area contributed by atoms with Crippen molar-refractivity contribution in [3.63, 3.8) is 0 Å². The van der Waals surface area contributed by atoms with Crippen LogP contribution in [0.5, 0.6) is 0 Å². The van der Waals surface area contributed by atoms with E-state index in [4.69, 9.17) is 4.98 Å². The number of rotatable bonds is 7. The number of fused-ring (bicyclic) bond motifs is 1. The smallest absolute Gasteiger partial charge is 0.193 e. The lowest BCUT2D eigenvalue weighted by molar-refractivity contribution is 0.228. The molecule has 0 bridgehead atoms. The monoisotopic (exact) mass is 441 g/mol. The Morgan fingerprint density at radius 1 is 1.09 bits per heavy atom. The molecule has 1 atom stereocenters. The van der Waals surface area contributed by atoms with Crippen molar-refractivity contribution in [3.05, 3.63) is 118 Å². The minimum Gasteiger partial charge on any atom is -0.384 e. The molecular weight excluding hydrogens is 418 g/mol. The maximum Gasteiger partial charge on any atom is 0.193 e. The lowest BCUT2D eigenvalue weighted by Gasteiger charge is -2.19. The summed E-state index contributed by atoms with van der Waals surface area (Å²) in [4.78, 5) is 17.9. The second kappa shape index (κ2) is 9.68. The molecule has 1 unspecified atom stereocenters. The first-order valence-corrected chi connectivity index (χ1v) is 11.1. The van der Waals surface area contributed by atoms with Gasteiger partial charge in [0.1, 0.15) is 11.5 Å². The molecule has 0 saturated heterocycles. The van der Waals surface area contributed by atoms with E-state index < -0.39 is 6.10 Å². The van der Waals surface area contributed by atoms with Crippen LogP contribution in [0, 0.1) is 6.92 Å². The lowest BCUT2D eigenvalue weighted by Crippen LogP contribution is -2.15. The molecule has 5 nitrogen and oxygen atoms in total. The Hall–Kier alpha value is -3.61. The number of hydrogen-bond donors (Lipinski definition) is 2. The van der Waals surface area contributed by atoms with E-state index in [-0.39, 0.29) is 5.43 Å². The summed E-state index contributed by atoms with van der Waals surface area (Å²) in [5, 5.41) is 17.8. The fourth-order valence-corrected chi connectivity index (χ4v) is 3.87. The van der Waals surface area contributed by atoms with E-state index in [1.165, 1.54) is 11.8 Å². The molecule has 0 aliphatic carbocycles. The average Bonchev–Trinajstić information content (AvgIpc) is 2.80. The van der Waals surface area contributed by atoms with Crippen molar-refractivity contribution in [1.82, 2.24) is 9.55 Å². The van der Waals surface area contributed by atoms with Gasteiger partial charge in [0.15, 0.2) is 5.43 Å². The van der Waals surface area contributed by atoms with Gasteiger partial charge in [0.25, 0.3) is 0 Å². The fourth-order valence-electron chi connectivity index (χ4n) is 3.52. The molecule has 0 amide bonds. The number of benzene rings is 2. The molecule has 0 aliphatic rings. The molecule has 4 aromatic rings. The van der Waals surface area contributed by atoms with Gasteiger partial charge < -0.3 is 10.4 Å². The van der Waals surface area contributed by atoms with E-state index in [9.17, 15) is 9.90 Å². The van der Waals surface area contributed by atoms with Gasteiger partial charge in [-0.25, -0.2) is 4.98 Å². The number of aryl methyl sites for hydroxylation is 1. The van der Waals surface area contributed by atoms with Crippen LogP contribution in [-0.4, -0.2) is 14.7 Å². The maximum absolute atomic E-state index is 13.1. The zero-order chi connectivity index (χ0) is 22.5. The Bertz CT molecular complexity index is 1330. The van der Waals surface area contributed by atoms with Gasteiger partial charge in [-0.05, 0) is 54.1 Å². The van der Waals surface area contributed by atoms with Gasteiger partial charge in [0.05, 0.1) is 11.5 Å². The van der Waals surface area contributed by atoms with E-state index in [1.54, 1.807) is 29.0 Å². The predicted molar refractivity (Wildman–Crippen MR) is 134 cm³/mol. The molecule has 2 N–H and O–H groups in total. The fraction of sp³-hybridized carbons (Fsp3) is 0.0769. The van der Waals surface area contributed by atoms with Gasteiger partial charge in [-0.2, -0.15) is 0 Å². The number of aliphatic hydroxyl groups is 1. The van der Waals surface area contributed by atoms with Crippen molar-refractivity contribution in [2.24, 2.45) is 0 Å². The van der Waals surface area contributed by atoms with Gasteiger partial charge in [0.2, 0.25) is 0 Å². The lowest BCUT2D eigenvalue weighted by atomic mass is 10.1. The molecule has 0 saturated carbocycles. The first kappa shape index (κ1) is 21.6. The zero-order valence-electron chi connectivity index (χ0n) is 17.6. The highest BCUT2D eigenvalue weighted by Gasteiger charge is 2.17. The number of thioether (sulfide) groups is 1. The Morgan fingerprint density at radius 2 is 1.78 bits per heavy atom. The van der Waals surface area contributed by atoms with Crippen LogP contribution in [0.1, 0.15) is 17.4 Å². The van der Waals surface area contributed by atoms with Crippen LogP contribution in [0.3, 0.4) is 0 Å². The van der Waals surface area contributed by atoms with Crippen molar-refractivity contribution < 1.29 is 5.11 Å². The van der Waals surface area contributed by atoms with Crippen molar-refractivity contribution in [1.29, 1.82) is 0 Å². The van der Waals surface area contributed by atoms with Gasteiger partial charge in [-0.1, -0.05) is 43.0 Å². The first-order valence-electron chi connectivity index (χ1n) is 10.1. The number of anilines is 2. The minimum absolute atomic E-state index is 0.170. The highest BCUT2D eigenvalue weighted by molar-refractivity contribution is 8.04. The van der Waals surface area contributed by atoms with Gasteiger partial charge in [-0.3, -0.25) is 9.36 Å². The van der Waals surface area contributed by atoms with Crippen LogP contribution in [0.4, 0.5) is 11.5 Å². The summed E-state index contributed by atoms with van der Waals surface area (Å²) in [7, 11) is 0. The summed E-state index contributed by atoms with van der Waals surface area (Å²) < 4.78 is 1.93. The number of hydrogen-bond acceptors (Lipinski definition) is 5. The van der Waals surface area contributed by atoms with E-state index in [1.807, 2.05) is 72.2 Å². The number of aliphatic hydroxyl groups excluding tert-OH is 1. The topological polar surface area (TPSA) is 67.2 Å². The molecule has 6 heteroatoms. The third-order valence-corrected chi connectivity index (χ3v) is 5.54. The molecule has 4 rings (SSSR count). The quantitative estimate of drug-likeness (QED) is 0.376. The van der Waals surface area contributed by atoms with Gasteiger partial charge in [0, 0.05) is 28.7 Å². The van der Waals surface area contributed by atoms with E-state index in [2.05, 4.69) is 11.9 Å². The highest BCUT2D eigenvalue weighted by atomic mass is 32.2. The number of nitrogens with zero attached hydrogens (tertiary/aromatic N) is 2. The Balaban J connectivity index is 1.93. The number of aromatic nitrogens is 2. The summed E-state index contributed by atoms with van der Waals surface area (Å²) in [6.07, 6.45) is 0.787. The molecule has 160 valence electrons. The highest BCUT2D eigenvalue weighted by Crippen LogP contribution is 2.27. The molecule has 0 aliphatic heterocycles. The van der Waals surface area contributed by atoms with Crippen molar-refractivity contribution in [2.75, 3.05) is 5.32 Å². The standard InChI is InChI=1S/C26H23N3O2S/c1-3-32-15-14-23(30)21-16-22-24(31)17-25(28-19-10-6-4-7-11-19)29(26(22)27-18(21)2)20-12-8-5-9-13-20/h3-17,23,28,30H,1H2,2H3/b15-14+. The third-order valence-electron chi connectivity index (χ3n) is 5.03. The molecule has 2 aromatic heterocycles. The van der Waals surface area contributed by atoms with Crippen LogP contribution in [-0.2, 0) is 0 Å². The van der Waals surface area contributed by atoms with Crippen LogP contribution in [0.15, 0.2) is 101 Å². The van der Waals surface area contributed by atoms with Crippen molar-refractivity contribution in [2.45, 2.75) is 13.0 Å². The second-order valence-corrected chi connectivity index (χ2v) is 8.04. The number of nitrogens with one attached hydrogen (secondary N) is 1. The maximum atomic E-state index is 13.1. The Labute approximate surface area is 190 Å². The molecule has 0 fully saturated rings. The molecule has 2 heterocycles. The average molecular weight is 442 g/mol. The molecule has 0 spiro atoms. The summed E-state index contributed by atoms with van der Waals surface area (Å²) in [5.41, 5.74) is 3.34. The largest absolute Gasteiger partial charge is 0.384 e. The normalized spacial score (nSPS) is 12.2. The summed E-state index contributed by atoms with van der Waals surface area (Å²) >= 11 is 1.38. The van der Waals surface area contributed by atoms with Crippen LogP contribution in [0.25, 0.3) is 16.7 Å². The Kier molecular flexibility index (Phi) is 6.54. The van der Waals surface area contributed by atoms with E-state index in [0.29, 0.717) is 28.1 Å². The molecule has 2 aromatic carbocycles.